The first kappa shape index (κ1) is 15.3. The van der Waals surface area contributed by atoms with E-state index in [4.69, 9.17) is 16.3 Å². The maximum absolute atomic E-state index is 13.7. The average molecular weight is 309 g/mol. The summed E-state index contributed by atoms with van der Waals surface area (Å²) >= 11 is 5.81. The molecule has 0 spiro atoms. The second kappa shape index (κ2) is 6.54. The Balaban J connectivity index is 2.17. The molecule has 0 aliphatic carbocycles. The molecule has 0 aliphatic heterocycles. The van der Waals surface area contributed by atoms with Crippen LogP contribution in [0.25, 0.3) is 0 Å². The average Bonchev–Trinajstić information content (AvgIpc) is 2.41. The van der Waals surface area contributed by atoms with Gasteiger partial charge >= 0.3 is 0 Å². The molecule has 6 heteroatoms. The van der Waals surface area contributed by atoms with Gasteiger partial charge in [0, 0.05) is 23.0 Å². The van der Waals surface area contributed by atoms with Crippen molar-refractivity contribution < 1.29 is 13.9 Å². The number of benzene rings is 1. The number of hydrogen-bond acceptors (Lipinski definition) is 3. The van der Waals surface area contributed by atoms with E-state index >= 15 is 0 Å². The molecule has 0 bridgehead atoms. The first-order chi connectivity index (χ1) is 9.99. The Labute approximate surface area is 126 Å². The van der Waals surface area contributed by atoms with Gasteiger partial charge in [-0.2, -0.15) is 0 Å². The molecule has 0 saturated heterocycles. The third-order valence-corrected chi connectivity index (χ3v) is 2.87. The number of hydrogen-bond donors (Lipinski definition) is 1. The molecular weight excluding hydrogens is 295 g/mol. The molecule has 1 heterocycles. The van der Waals surface area contributed by atoms with E-state index in [0.29, 0.717) is 23.6 Å². The molecule has 110 valence electrons. The SMILES string of the molecule is CCOc1ccc(NC(=O)c2cc(C)nc(Cl)c2)cc1F. The van der Waals surface area contributed by atoms with Crippen LogP contribution in [-0.2, 0) is 0 Å². The number of aromatic nitrogens is 1. The van der Waals surface area contributed by atoms with Gasteiger partial charge < -0.3 is 10.1 Å². The van der Waals surface area contributed by atoms with Crippen LogP contribution in [0, 0.1) is 12.7 Å². The number of rotatable bonds is 4. The molecule has 4 nitrogen and oxygen atoms in total. The minimum absolute atomic E-state index is 0.151. The Bertz CT molecular complexity index is 656. The highest BCUT2D eigenvalue weighted by Crippen LogP contribution is 2.22. The predicted molar refractivity (Wildman–Crippen MR) is 79.5 cm³/mol. The molecule has 0 radical (unpaired) electrons. The van der Waals surface area contributed by atoms with E-state index in [-0.39, 0.29) is 16.8 Å². The Morgan fingerprint density at radius 1 is 1.38 bits per heavy atom. The van der Waals surface area contributed by atoms with Gasteiger partial charge in [0.25, 0.3) is 5.91 Å². The molecule has 1 aromatic heterocycles. The number of carbonyl (C=O) groups is 1. The molecule has 0 atom stereocenters. The zero-order chi connectivity index (χ0) is 15.4. The quantitative estimate of drug-likeness (QED) is 0.873. The second-order valence-electron chi connectivity index (χ2n) is 4.35. The maximum atomic E-state index is 13.7. The maximum Gasteiger partial charge on any atom is 0.255 e. The summed E-state index contributed by atoms with van der Waals surface area (Å²) < 4.78 is 18.8. The topological polar surface area (TPSA) is 51.2 Å². The van der Waals surface area contributed by atoms with Gasteiger partial charge in [-0.1, -0.05) is 11.6 Å². The van der Waals surface area contributed by atoms with Gasteiger partial charge in [0.05, 0.1) is 6.61 Å². The summed E-state index contributed by atoms with van der Waals surface area (Å²) in [4.78, 5) is 16.1. The van der Waals surface area contributed by atoms with Crippen molar-refractivity contribution in [2.75, 3.05) is 11.9 Å². The summed E-state index contributed by atoms with van der Waals surface area (Å²) in [6.45, 7) is 3.88. The molecule has 2 rings (SSSR count). The highest BCUT2D eigenvalue weighted by atomic mass is 35.5. The third kappa shape index (κ3) is 3.92. The van der Waals surface area contributed by atoms with Gasteiger partial charge in [0.2, 0.25) is 0 Å². The van der Waals surface area contributed by atoms with Crippen LogP contribution < -0.4 is 10.1 Å². The molecular formula is C15H14ClFN2O2. The van der Waals surface area contributed by atoms with E-state index in [0.717, 1.165) is 0 Å². The molecule has 1 N–H and O–H groups in total. The van der Waals surface area contributed by atoms with Crippen LogP contribution in [0.5, 0.6) is 5.75 Å². The summed E-state index contributed by atoms with van der Waals surface area (Å²) in [6.07, 6.45) is 0. The lowest BCUT2D eigenvalue weighted by Gasteiger charge is -2.09. The number of halogens is 2. The van der Waals surface area contributed by atoms with E-state index < -0.39 is 5.82 Å². The summed E-state index contributed by atoms with van der Waals surface area (Å²) in [5.74, 6) is -0.761. The minimum Gasteiger partial charge on any atom is -0.491 e. The normalized spacial score (nSPS) is 10.3. The zero-order valence-corrected chi connectivity index (χ0v) is 12.4. The van der Waals surface area contributed by atoms with Crippen molar-refractivity contribution in [3.8, 4) is 5.75 Å². The number of amides is 1. The lowest BCUT2D eigenvalue weighted by molar-refractivity contribution is 0.102. The van der Waals surface area contributed by atoms with E-state index in [1.54, 1.807) is 26.0 Å². The van der Waals surface area contributed by atoms with Crippen LogP contribution in [0.4, 0.5) is 10.1 Å². The summed E-state index contributed by atoms with van der Waals surface area (Å²) in [6, 6.07) is 7.31. The highest BCUT2D eigenvalue weighted by molar-refractivity contribution is 6.29. The van der Waals surface area contributed by atoms with Crippen LogP contribution in [0.3, 0.4) is 0 Å². The lowest BCUT2D eigenvalue weighted by atomic mass is 10.2. The van der Waals surface area contributed by atoms with Crippen molar-refractivity contribution in [3.63, 3.8) is 0 Å². The Hall–Kier alpha value is -2.14. The van der Waals surface area contributed by atoms with Gasteiger partial charge in [-0.3, -0.25) is 4.79 Å². The van der Waals surface area contributed by atoms with Crippen LogP contribution in [0.2, 0.25) is 5.15 Å². The minimum atomic E-state index is -0.529. The van der Waals surface area contributed by atoms with E-state index in [2.05, 4.69) is 10.3 Å². The summed E-state index contributed by atoms with van der Waals surface area (Å²) in [7, 11) is 0. The first-order valence-corrected chi connectivity index (χ1v) is 6.75. The lowest BCUT2D eigenvalue weighted by Crippen LogP contribution is -2.12. The number of nitrogens with zero attached hydrogens (tertiary/aromatic N) is 1. The zero-order valence-electron chi connectivity index (χ0n) is 11.6. The third-order valence-electron chi connectivity index (χ3n) is 2.67. The fourth-order valence-electron chi connectivity index (χ4n) is 1.81. The summed E-state index contributed by atoms with van der Waals surface area (Å²) in [5, 5.41) is 2.84. The van der Waals surface area contributed by atoms with Crippen LogP contribution in [0.1, 0.15) is 23.0 Å². The smallest absolute Gasteiger partial charge is 0.255 e. The van der Waals surface area contributed by atoms with E-state index in [1.165, 1.54) is 18.2 Å². The van der Waals surface area contributed by atoms with Crippen molar-refractivity contribution in [2.24, 2.45) is 0 Å². The molecule has 0 saturated carbocycles. The number of ether oxygens (including phenoxy) is 1. The number of pyridine rings is 1. The van der Waals surface area contributed by atoms with Crippen molar-refractivity contribution in [1.29, 1.82) is 0 Å². The van der Waals surface area contributed by atoms with E-state index in [1.807, 2.05) is 0 Å². The van der Waals surface area contributed by atoms with Crippen LogP contribution in [0.15, 0.2) is 30.3 Å². The van der Waals surface area contributed by atoms with Gasteiger partial charge in [0.1, 0.15) is 5.15 Å². The largest absolute Gasteiger partial charge is 0.491 e. The van der Waals surface area contributed by atoms with Gasteiger partial charge in [-0.05, 0) is 38.1 Å². The van der Waals surface area contributed by atoms with Crippen LogP contribution in [-0.4, -0.2) is 17.5 Å². The monoisotopic (exact) mass is 308 g/mol. The molecule has 2 aromatic rings. The number of anilines is 1. The molecule has 0 unspecified atom stereocenters. The Kier molecular flexibility index (Phi) is 4.75. The molecule has 21 heavy (non-hydrogen) atoms. The molecule has 0 fully saturated rings. The first-order valence-electron chi connectivity index (χ1n) is 6.37. The molecule has 1 amide bonds. The van der Waals surface area contributed by atoms with Gasteiger partial charge in [-0.15, -0.1) is 0 Å². The fraction of sp³-hybridized carbons (Fsp3) is 0.200. The Morgan fingerprint density at radius 3 is 2.76 bits per heavy atom. The Morgan fingerprint density at radius 2 is 2.14 bits per heavy atom. The van der Waals surface area contributed by atoms with E-state index in [9.17, 15) is 9.18 Å². The number of carbonyl (C=O) groups excluding carboxylic acids is 1. The second-order valence-corrected chi connectivity index (χ2v) is 4.74. The van der Waals surface area contributed by atoms with Crippen molar-refractivity contribution in [3.05, 3.63) is 52.6 Å². The van der Waals surface area contributed by atoms with Gasteiger partial charge in [0.15, 0.2) is 11.6 Å². The highest BCUT2D eigenvalue weighted by Gasteiger charge is 2.10. The fourth-order valence-corrected chi connectivity index (χ4v) is 2.06. The van der Waals surface area contributed by atoms with Crippen LogP contribution >= 0.6 is 11.6 Å². The predicted octanol–water partition coefficient (Wildman–Crippen LogP) is 3.83. The van der Waals surface area contributed by atoms with Crippen molar-refractivity contribution in [2.45, 2.75) is 13.8 Å². The number of nitrogens with one attached hydrogen (secondary N) is 1. The summed E-state index contributed by atoms with van der Waals surface area (Å²) in [5.41, 5.74) is 1.33. The molecule has 0 aliphatic rings. The molecule has 1 aromatic carbocycles. The van der Waals surface area contributed by atoms with Crippen molar-refractivity contribution >= 4 is 23.2 Å². The van der Waals surface area contributed by atoms with Crippen molar-refractivity contribution in [1.82, 2.24) is 4.98 Å². The number of aryl methyl sites for hydroxylation is 1. The standard InChI is InChI=1S/C15H14ClFN2O2/c1-3-21-13-5-4-11(8-12(13)17)19-15(20)10-6-9(2)18-14(16)7-10/h4-8H,3H2,1-2H3,(H,19,20). The van der Waals surface area contributed by atoms with Gasteiger partial charge in [-0.25, -0.2) is 9.37 Å².